The van der Waals surface area contributed by atoms with Crippen LogP contribution < -0.4 is 4.90 Å². The van der Waals surface area contributed by atoms with Crippen molar-refractivity contribution in [3.05, 3.63) is 81.9 Å². The van der Waals surface area contributed by atoms with E-state index in [0.717, 1.165) is 27.7 Å². The second-order valence-electron chi connectivity index (χ2n) is 7.86. The predicted octanol–water partition coefficient (Wildman–Crippen LogP) is 5.36. The van der Waals surface area contributed by atoms with Crippen LogP contribution in [0, 0.1) is 6.92 Å². The molecule has 0 saturated heterocycles. The van der Waals surface area contributed by atoms with Crippen molar-refractivity contribution in [1.29, 1.82) is 0 Å². The van der Waals surface area contributed by atoms with Crippen molar-refractivity contribution in [2.45, 2.75) is 26.8 Å². The maximum Gasteiger partial charge on any atom is 0.338 e. The number of amidine groups is 1. The van der Waals surface area contributed by atoms with Gasteiger partial charge < -0.3 is 14.5 Å². The van der Waals surface area contributed by atoms with Gasteiger partial charge in [0.1, 0.15) is 0 Å². The first-order valence-corrected chi connectivity index (χ1v) is 11.3. The molecule has 0 saturated carbocycles. The van der Waals surface area contributed by atoms with E-state index < -0.39 is 0 Å². The Kier molecular flexibility index (Phi) is 5.92. The van der Waals surface area contributed by atoms with E-state index in [1.165, 1.54) is 5.56 Å². The van der Waals surface area contributed by atoms with Gasteiger partial charge in [-0.25, -0.2) is 9.79 Å². The van der Waals surface area contributed by atoms with E-state index in [1.807, 2.05) is 27.9 Å². The van der Waals surface area contributed by atoms with Gasteiger partial charge in [0.15, 0.2) is 5.17 Å². The third kappa shape index (κ3) is 4.00. The normalized spacial score (nSPS) is 17.8. The summed E-state index contributed by atoms with van der Waals surface area (Å²) >= 11 is 1.59. The molecule has 0 aromatic heterocycles. The van der Waals surface area contributed by atoms with Crippen LogP contribution in [-0.2, 0) is 9.53 Å². The first-order chi connectivity index (χ1) is 14.9. The second-order valence-corrected chi connectivity index (χ2v) is 8.70. The van der Waals surface area contributed by atoms with Gasteiger partial charge in [-0.05, 0) is 44.0 Å². The summed E-state index contributed by atoms with van der Waals surface area (Å²) in [6.45, 7) is 6.13. The number of fused-ring (bicyclic) bond motifs is 1. The van der Waals surface area contributed by atoms with Gasteiger partial charge in [0.2, 0.25) is 0 Å². The number of hydrogen-bond donors (Lipinski definition) is 0. The van der Waals surface area contributed by atoms with E-state index in [9.17, 15) is 4.79 Å². The van der Waals surface area contributed by atoms with Crippen LogP contribution in [0.4, 0.5) is 5.69 Å². The highest BCUT2D eigenvalue weighted by Gasteiger charge is 2.41. The first kappa shape index (κ1) is 21.2. The number of esters is 1. The molecule has 2 aliphatic heterocycles. The molecule has 4 rings (SSSR count). The maximum atomic E-state index is 13.0. The molecule has 0 fully saturated rings. The lowest BCUT2D eigenvalue weighted by Gasteiger charge is -2.36. The first-order valence-electron chi connectivity index (χ1n) is 10.4. The molecule has 0 amide bonds. The number of ether oxygens (including phenoxy) is 1. The van der Waals surface area contributed by atoms with Crippen molar-refractivity contribution in [3.63, 3.8) is 0 Å². The number of anilines is 1. The minimum Gasteiger partial charge on any atom is -0.463 e. The van der Waals surface area contributed by atoms with Crippen molar-refractivity contribution >= 4 is 34.3 Å². The van der Waals surface area contributed by atoms with Gasteiger partial charge in [-0.2, -0.15) is 0 Å². The summed E-state index contributed by atoms with van der Waals surface area (Å²) in [4.78, 5) is 22.0. The van der Waals surface area contributed by atoms with Crippen molar-refractivity contribution in [2.24, 2.45) is 4.99 Å². The molecule has 0 N–H and O–H groups in total. The zero-order chi connectivity index (χ0) is 22.1. The molecule has 2 aromatic rings. The van der Waals surface area contributed by atoms with Crippen LogP contribution >= 0.6 is 11.8 Å². The molecular formula is C25H27N3O2S. The van der Waals surface area contributed by atoms with Crippen LogP contribution in [0.5, 0.6) is 0 Å². The molecule has 1 unspecified atom stereocenters. The Labute approximate surface area is 188 Å². The molecule has 2 aliphatic rings. The summed E-state index contributed by atoms with van der Waals surface area (Å²) in [6.07, 6.45) is 0. The van der Waals surface area contributed by atoms with Crippen LogP contribution in [-0.4, -0.2) is 36.7 Å². The lowest BCUT2D eigenvalue weighted by atomic mass is 9.93. The summed E-state index contributed by atoms with van der Waals surface area (Å²) in [7, 11) is 4.04. The number of aryl methyl sites for hydroxylation is 1. The number of carbonyl (C=O) groups is 1. The molecule has 0 radical (unpaired) electrons. The van der Waals surface area contributed by atoms with E-state index in [-0.39, 0.29) is 12.0 Å². The van der Waals surface area contributed by atoms with Crippen molar-refractivity contribution in [1.82, 2.24) is 4.90 Å². The topological polar surface area (TPSA) is 45.1 Å². The Balaban J connectivity index is 1.83. The number of allylic oxidation sites excluding steroid dienone is 1. The van der Waals surface area contributed by atoms with Gasteiger partial charge in [-0.3, -0.25) is 0 Å². The Morgan fingerprint density at radius 3 is 2.39 bits per heavy atom. The molecule has 160 valence electrons. The van der Waals surface area contributed by atoms with Gasteiger partial charge in [0.25, 0.3) is 0 Å². The van der Waals surface area contributed by atoms with E-state index in [4.69, 9.17) is 9.73 Å². The van der Waals surface area contributed by atoms with E-state index in [0.29, 0.717) is 17.9 Å². The van der Waals surface area contributed by atoms with Crippen LogP contribution in [0.1, 0.15) is 36.6 Å². The van der Waals surface area contributed by atoms with Gasteiger partial charge in [0.05, 0.1) is 29.6 Å². The highest BCUT2D eigenvalue weighted by atomic mass is 32.2. The van der Waals surface area contributed by atoms with E-state index in [2.05, 4.69) is 70.7 Å². The minimum absolute atomic E-state index is 0.301. The maximum absolute atomic E-state index is 13.0. The Bertz CT molecular complexity index is 1080. The number of thioether (sulfide) groups is 1. The van der Waals surface area contributed by atoms with Gasteiger partial charge in [0, 0.05) is 25.2 Å². The summed E-state index contributed by atoms with van der Waals surface area (Å²) in [5.74, 6) is -0.315. The van der Waals surface area contributed by atoms with Gasteiger partial charge in [-0.15, -0.1) is 0 Å². The highest BCUT2D eigenvalue weighted by Crippen LogP contribution is 2.47. The van der Waals surface area contributed by atoms with Crippen molar-refractivity contribution in [2.75, 3.05) is 25.6 Å². The monoisotopic (exact) mass is 433 g/mol. The summed E-state index contributed by atoms with van der Waals surface area (Å²) in [5, 5.41) is 2.99. The number of rotatable bonds is 5. The summed E-state index contributed by atoms with van der Waals surface area (Å²) in [5.41, 5.74) is 6.78. The number of nitrogens with zero attached hydrogens (tertiary/aromatic N) is 3. The third-order valence-corrected chi connectivity index (χ3v) is 6.33. The Morgan fingerprint density at radius 1 is 1.10 bits per heavy atom. The number of hydrogen-bond acceptors (Lipinski definition) is 6. The molecule has 31 heavy (non-hydrogen) atoms. The summed E-state index contributed by atoms with van der Waals surface area (Å²) < 4.78 is 5.44. The minimum atomic E-state index is -0.315. The van der Waals surface area contributed by atoms with Gasteiger partial charge >= 0.3 is 5.97 Å². The number of aliphatic imine (C=N–C) groups is 1. The average Bonchev–Trinajstić information content (AvgIpc) is 3.17. The largest absolute Gasteiger partial charge is 0.463 e. The predicted molar refractivity (Wildman–Crippen MR) is 129 cm³/mol. The zero-order valence-corrected chi connectivity index (χ0v) is 19.4. The lowest BCUT2D eigenvalue weighted by Crippen LogP contribution is -2.36. The van der Waals surface area contributed by atoms with E-state index >= 15 is 0 Å². The highest BCUT2D eigenvalue weighted by molar-refractivity contribution is 8.16. The zero-order valence-electron chi connectivity index (χ0n) is 18.5. The third-order valence-electron chi connectivity index (χ3n) is 5.49. The number of benzene rings is 2. The molecule has 6 heteroatoms. The van der Waals surface area contributed by atoms with Crippen molar-refractivity contribution < 1.29 is 9.53 Å². The molecule has 1 atom stereocenters. The van der Waals surface area contributed by atoms with Crippen LogP contribution in [0.15, 0.2) is 70.2 Å². The van der Waals surface area contributed by atoms with Crippen LogP contribution in [0.25, 0.3) is 5.70 Å². The molecule has 2 aromatic carbocycles. The smallest absolute Gasteiger partial charge is 0.338 e. The molecule has 0 spiro atoms. The molecule has 2 heterocycles. The fraction of sp³-hybridized carbons (Fsp3) is 0.280. The fourth-order valence-corrected chi connectivity index (χ4v) is 4.83. The van der Waals surface area contributed by atoms with Crippen molar-refractivity contribution in [3.8, 4) is 0 Å². The average molecular weight is 434 g/mol. The lowest BCUT2D eigenvalue weighted by molar-refractivity contribution is -0.139. The molecular weight excluding hydrogens is 406 g/mol. The van der Waals surface area contributed by atoms with E-state index in [1.54, 1.807) is 11.8 Å². The number of carbonyl (C=O) groups excluding carboxylic acids is 1. The molecule has 0 bridgehead atoms. The second kappa shape index (κ2) is 8.63. The quantitative estimate of drug-likeness (QED) is 0.594. The molecule has 5 nitrogen and oxygen atoms in total. The van der Waals surface area contributed by atoms with Gasteiger partial charge in [-0.1, -0.05) is 53.7 Å². The fourth-order valence-electron chi connectivity index (χ4n) is 3.86. The Morgan fingerprint density at radius 2 is 1.77 bits per heavy atom. The SMILES string of the molecule is CCOC(=O)C1=C(C)N=C2SC=C(c3ccc(C)cc3)N2C1c1ccc(N(C)C)cc1. The molecule has 0 aliphatic carbocycles. The Hall–Kier alpha value is -2.99. The standard InChI is InChI=1S/C25H27N3O2S/c1-6-30-24(29)22-17(3)26-25-28(21(15-31-25)18-9-7-16(2)8-10-18)23(22)19-11-13-20(14-12-19)27(4)5/h7-15,23H,6H2,1-5H3. The van der Waals surface area contributed by atoms with Crippen LogP contribution in [0.3, 0.4) is 0 Å². The van der Waals surface area contributed by atoms with Crippen LogP contribution in [0.2, 0.25) is 0 Å². The summed E-state index contributed by atoms with van der Waals surface area (Å²) in [6, 6.07) is 16.5.